The van der Waals surface area contributed by atoms with Crippen LogP contribution in [0.5, 0.6) is 0 Å². The van der Waals surface area contributed by atoms with Crippen molar-refractivity contribution in [3.05, 3.63) is 0 Å². The summed E-state index contributed by atoms with van der Waals surface area (Å²) in [5.41, 5.74) is 0. The van der Waals surface area contributed by atoms with Crippen molar-refractivity contribution in [1.29, 1.82) is 0 Å². The first-order valence-corrected chi connectivity index (χ1v) is 4.67. The van der Waals surface area contributed by atoms with Gasteiger partial charge in [-0.3, -0.25) is 4.90 Å². The minimum absolute atomic E-state index is 0.707. The largest absolute Gasteiger partial charge is 0.313 e. The molecule has 0 aliphatic carbocycles. The summed E-state index contributed by atoms with van der Waals surface area (Å²) in [5.74, 6) is 0. The second-order valence-electron chi connectivity index (χ2n) is 3.77. The zero-order chi connectivity index (χ0) is 8.27. The summed E-state index contributed by atoms with van der Waals surface area (Å²) in [7, 11) is 0. The normalized spacial score (nSPS) is 28.9. The lowest BCUT2D eigenvalue weighted by Crippen LogP contribution is -2.34. The van der Waals surface area contributed by atoms with Crippen molar-refractivity contribution in [1.82, 2.24) is 10.2 Å². The third-order valence-electron chi connectivity index (χ3n) is 2.47. The van der Waals surface area contributed by atoms with Gasteiger partial charge in [0.2, 0.25) is 0 Å². The first kappa shape index (κ1) is 9.01. The number of rotatable bonds is 1. The Bertz CT molecular complexity index is 112. The molecule has 0 spiro atoms. The second kappa shape index (κ2) is 4.07. The highest BCUT2D eigenvalue weighted by molar-refractivity contribution is 4.73. The van der Waals surface area contributed by atoms with E-state index in [-0.39, 0.29) is 0 Å². The zero-order valence-electron chi connectivity index (χ0n) is 7.93. The molecule has 1 unspecified atom stereocenters. The Morgan fingerprint density at radius 1 is 1.36 bits per heavy atom. The highest BCUT2D eigenvalue weighted by Gasteiger charge is 2.14. The van der Waals surface area contributed by atoms with Crippen molar-refractivity contribution in [2.24, 2.45) is 0 Å². The number of nitrogens with one attached hydrogen (secondary N) is 1. The Kier molecular flexibility index (Phi) is 3.34. The maximum absolute atomic E-state index is 3.49. The molecule has 2 heteroatoms. The molecule has 11 heavy (non-hydrogen) atoms. The van der Waals surface area contributed by atoms with Crippen molar-refractivity contribution in [3.8, 4) is 0 Å². The van der Waals surface area contributed by atoms with Gasteiger partial charge in [0.1, 0.15) is 0 Å². The summed E-state index contributed by atoms with van der Waals surface area (Å²) in [6.45, 7) is 10.4. The summed E-state index contributed by atoms with van der Waals surface area (Å²) >= 11 is 0. The van der Waals surface area contributed by atoms with Crippen molar-refractivity contribution >= 4 is 0 Å². The maximum Gasteiger partial charge on any atom is 0.0110 e. The van der Waals surface area contributed by atoms with Gasteiger partial charge in [-0.25, -0.2) is 0 Å². The fourth-order valence-corrected chi connectivity index (χ4v) is 1.54. The fourth-order valence-electron chi connectivity index (χ4n) is 1.54. The van der Waals surface area contributed by atoms with Crippen LogP contribution in [-0.2, 0) is 0 Å². The molecule has 0 aromatic rings. The lowest BCUT2D eigenvalue weighted by Gasteiger charge is -2.23. The Labute approximate surface area is 70.0 Å². The van der Waals surface area contributed by atoms with Crippen LogP contribution in [0.4, 0.5) is 0 Å². The van der Waals surface area contributed by atoms with Crippen LogP contribution in [0.25, 0.3) is 0 Å². The lowest BCUT2D eigenvalue weighted by molar-refractivity contribution is 0.236. The van der Waals surface area contributed by atoms with E-state index in [0.29, 0.717) is 12.1 Å². The van der Waals surface area contributed by atoms with E-state index < -0.39 is 0 Å². The smallest absolute Gasteiger partial charge is 0.0110 e. The van der Waals surface area contributed by atoms with E-state index in [1.807, 2.05) is 0 Å². The molecule has 0 aromatic carbocycles. The monoisotopic (exact) mass is 156 g/mol. The number of hydrogen-bond donors (Lipinski definition) is 1. The van der Waals surface area contributed by atoms with Crippen molar-refractivity contribution in [2.45, 2.75) is 39.3 Å². The molecule has 1 N–H and O–H groups in total. The quantitative estimate of drug-likeness (QED) is 0.611. The fraction of sp³-hybridized carbons (Fsp3) is 1.00. The zero-order valence-corrected chi connectivity index (χ0v) is 7.93. The van der Waals surface area contributed by atoms with Crippen LogP contribution in [0.3, 0.4) is 0 Å². The molecule has 0 amide bonds. The number of hydrogen-bond acceptors (Lipinski definition) is 2. The predicted octanol–water partition coefficient (Wildman–Crippen LogP) is 1.08. The molecule has 0 radical (unpaired) electrons. The number of nitrogens with zero attached hydrogens (tertiary/aromatic N) is 1. The maximum atomic E-state index is 3.49. The standard InChI is InChI=1S/C9H20N2/c1-8(2)11-6-4-9(3)10-5-7-11/h8-10H,4-7H2,1-3H3. The summed E-state index contributed by atoms with van der Waals surface area (Å²) in [6.07, 6.45) is 1.29. The molecule has 1 atom stereocenters. The molecule has 0 bridgehead atoms. The van der Waals surface area contributed by atoms with Crippen molar-refractivity contribution < 1.29 is 0 Å². The topological polar surface area (TPSA) is 15.3 Å². The highest BCUT2D eigenvalue weighted by atomic mass is 15.2. The van der Waals surface area contributed by atoms with Gasteiger partial charge in [-0.05, 0) is 33.7 Å². The van der Waals surface area contributed by atoms with Crippen LogP contribution < -0.4 is 5.32 Å². The molecule has 2 nitrogen and oxygen atoms in total. The molecular weight excluding hydrogens is 136 g/mol. The molecule has 1 fully saturated rings. The van der Waals surface area contributed by atoms with Gasteiger partial charge in [0.15, 0.2) is 0 Å². The van der Waals surface area contributed by atoms with Gasteiger partial charge in [0, 0.05) is 25.2 Å². The minimum Gasteiger partial charge on any atom is -0.313 e. The summed E-state index contributed by atoms with van der Waals surface area (Å²) in [4.78, 5) is 2.54. The molecule has 1 rings (SSSR count). The van der Waals surface area contributed by atoms with Crippen LogP contribution >= 0.6 is 0 Å². The Hall–Kier alpha value is -0.0800. The van der Waals surface area contributed by atoms with Crippen LogP contribution in [0.15, 0.2) is 0 Å². The minimum atomic E-state index is 0.707. The van der Waals surface area contributed by atoms with Gasteiger partial charge in [0.25, 0.3) is 0 Å². The molecule has 1 saturated heterocycles. The van der Waals surface area contributed by atoms with Gasteiger partial charge in [-0.2, -0.15) is 0 Å². The second-order valence-corrected chi connectivity index (χ2v) is 3.77. The third-order valence-corrected chi connectivity index (χ3v) is 2.47. The van der Waals surface area contributed by atoms with Gasteiger partial charge in [0.05, 0.1) is 0 Å². The van der Waals surface area contributed by atoms with E-state index in [0.717, 1.165) is 6.54 Å². The predicted molar refractivity (Wildman–Crippen MR) is 48.8 cm³/mol. The van der Waals surface area contributed by atoms with E-state index in [1.165, 1.54) is 19.5 Å². The molecule has 1 heterocycles. The molecule has 1 aliphatic heterocycles. The Morgan fingerprint density at radius 2 is 2.09 bits per heavy atom. The van der Waals surface area contributed by atoms with Crippen LogP contribution in [0.1, 0.15) is 27.2 Å². The molecule has 0 saturated carbocycles. The van der Waals surface area contributed by atoms with Gasteiger partial charge in [-0.1, -0.05) is 0 Å². The SMILES string of the molecule is CC1CCN(C(C)C)CCN1. The van der Waals surface area contributed by atoms with Gasteiger partial charge < -0.3 is 5.32 Å². The Balaban J connectivity index is 2.34. The first-order valence-electron chi connectivity index (χ1n) is 4.67. The van der Waals surface area contributed by atoms with Gasteiger partial charge in [-0.15, -0.1) is 0 Å². The van der Waals surface area contributed by atoms with Crippen LogP contribution in [0, 0.1) is 0 Å². The van der Waals surface area contributed by atoms with Crippen LogP contribution in [0.2, 0.25) is 0 Å². The molecule has 66 valence electrons. The Morgan fingerprint density at radius 3 is 2.73 bits per heavy atom. The molecule has 1 aliphatic rings. The van der Waals surface area contributed by atoms with E-state index in [1.54, 1.807) is 0 Å². The van der Waals surface area contributed by atoms with E-state index >= 15 is 0 Å². The van der Waals surface area contributed by atoms with E-state index in [4.69, 9.17) is 0 Å². The lowest BCUT2D eigenvalue weighted by atomic mass is 10.2. The first-order chi connectivity index (χ1) is 5.20. The summed E-state index contributed by atoms with van der Waals surface area (Å²) in [6, 6.07) is 1.42. The van der Waals surface area contributed by atoms with Crippen molar-refractivity contribution in [3.63, 3.8) is 0 Å². The van der Waals surface area contributed by atoms with E-state index in [9.17, 15) is 0 Å². The molecule has 0 aromatic heterocycles. The highest BCUT2D eigenvalue weighted by Crippen LogP contribution is 2.04. The van der Waals surface area contributed by atoms with E-state index in [2.05, 4.69) is 31.0 Å². The summed E-state index contributed by atoms with van der Waals surface area (Å²) < 4.78 is 0. The summed E-state index contributed by atoms with van der Waals surface area (Å²) in [5, 5.41) is 3.49. The third kappa shape index (κ3) is 2.80. The average molecular weight is 156 g/mol. The van der Waals surface area contributed by atoms with Gasteiger partial charge >= 0.3 is 0 Å². The average Bonchev–Trinajstić information content (AvgIpc) is 2.13. The van der Waals surface area contributed by atoms with Crippen LogP contribution in [-0.4, -0.2) is 36.6 Å². The molecular formula is C9H20N2. The van der Waals surface area contributed by atoms with Crippen molar-refractivity contribution in [2.75, 3.05) is 19.6 Å².